The highest BCUT2D eigenvalue weighted by Gasteiger charge is 2.15. The van der Waals surface area contributed by atoms with E-state index in [1.807, 2.05) is 0 Å². The largest absolute Gasteiger partial charge is 0.481 e. The molecule has 0 amide bonds. The van der Waals surface area contributed by atoms with Gasteiger partial charge in [0.25, 0.3) is 0 Å². The molecule has 1 aromatic heterocycles. The number of rotatable bonds is 4. The number of nitrogens with one attached hydrogen (secondary N) is 1. The van der Waals surface area contributed by atoms with Crippen LogP contribution in [0.1, 0.15) is 34.5 Å². The Bertz CT molecular complexity index is 633. The number of hydrogen-bond donors (Lipinski definition) is 2. The van der Waals surface area contributed by atoms with E-state index in [-0.39, 0.29) is 6.42 Å². The van der Waals surface area contributed by atoms with Crippen LogP contribution >= 0.6 is 0 Å². The molecule has 1 aromatic carbocycles. The Hall–Kier alpha value is -2.17. The van der Waals surface area contributed by atoms with Gasteiger partial charge in [0.2, 0.25) is 0 Å². The third-order valence-electron chi connectivity index (χ3n) is 3.70. The molecule has 1 heterocycles. The smallest absolute Gasteiger partial charge is 0.303 e. The van der Waals surface area contributed by atoms with Crippen LogP contribution in [0, 0.1) is 27.7 Å². The van der Waals surface area contributed by atoms with Crippen LogP contribution < -0.4 is 0 Å². The third-order valence-corrected chi connectivity index (χ3v) is 3.70. The molecule has 0 radical (unpaired) electrons. The van der Waals surface area contributed by atoms with E-state index >= 15 is 0 Å². The molecule has 0 saturated carbocycles. The van der Waals surface area contributed by atoms with Gasteiger partial charge in [0.1, 0.15) is 5.82 Å². The van der Waals surface area contributed by atoms with Crippen molar-refractivity contribution in [1.29, 1.82) is 0 Å². The number of benzene rings is 1. The molecular weight excluding hydrogens is 254 g/mol. The highest BCUT2D eigenvalue weighted by atomic mass is 16.4. The maximum Gasteiger partial charge on any atom is 0.303 e. The van der Waals surface area contributed by atoms with Crippen molar-refractivity contribution in [2.24, 2.45) is 0 Å². The number of nitrogens with zero attached hydrogens (tertiary/aromatic N) is 2. The quantitative estimate of drug-likeness (QED) is 0.897. The molecule has 0 bridgehead atoms. The van der Waals surface area contributed by atoms with Crippen LogP contribution in [0.25, 0.3) is 11.4 Å². The Labute approximate surface area is 118 Å². The van der Waals surface area contributed by atoms with Gasteiger partial charge in [0.05, 0.1) is 6.42 Å². The Balaban J connectivity index is 2.40. The lowest BCUT2D eigenvalue weighted by Crippen LogP contribution is -1.99. The summed E-state index contributed by atoms with van der Waals surface area (Å²) >= 11 is 0. The van der Waals surface area contributed by atoms with Gasteiger partial charge in [-0.15, -0.1) is 0 Å². The summed E-state index contributed by atoms with van der Waals surface area (Å²) in [6.07, 6.45) is 0.421. The first-order valence-corrected chi connectivity index (χ1v) is 6.61. The highest BCUT2D eigenvalue weighted by molar-refractivity contribution is 5.68. The molecular formula is C15H19N3O2. The van der Waals surface area contributed by atoms with Gasteiger partial charge in [0.15, 0.2) is 5.82 Å². The van der Waals surface area contributed by atoms with E-state index in [0.717, 1.165) is 16.7 Å². The van der Waals surface area contributed by atoms with Gasteiger partial charge in [-0.25, -0.2) is 4.98 Å². The molecule has 0 atom stereocenters. The normalized spacial score (nSPS) is 10.8. The van der Waals surface area contributed by atoms with Gasteiger partial charge < -0.3 is 5.11 Å². The van der Waals surface area contributed by atoms with E-state index < -0.39 is 5.97 Å². The standard InChI is InChI=1S/C15H19N3O2/c1-8-7-9(2)11(4)14(10(8)3)15-16-12(17-18-15)5-6-13(19)20/h7H,5-6H2,1-4H3,(H,19,20)(H,16,17,18). The summed E-state index contributed by atoms with van der Waals surface area (Å²) in [4.78, 5) is 15.0. The van der Waals surface area contributed by atoms with Gasteiger partial charge >= 0.3 is 5.97 Å². The van der Waals surface area contributed by atoms with Crippen molar-refractivity contribution in [2.45, 2.75) is 40.5 Å². The monoisotopic (exact) mass is 273 g/mol. The Morgan fingerprint density at radius 2 is 1.80 bits per heavy atom. The highest BCUT2D eigenvalue weighted by Crippen LogP contribution is 2.29. The molecule has 20 heavy (non-hydrogen) atoms. The van der Waals surface area contributed by atoms with Crippen LogP contribution in [0.4, 0.5) is 0 Å². The minimum absolute atomic E-state index is 0.0550. The molecule has 106 valence electrons. The van der Waals surface area contributed by atoms with Gasteiger partial charge in [-0.3, -0.25) is 9.89 Å². The summed E-state index contributed by atoms with van der Waals surface area (Å²) < 4.78 is 0. The van der Waals surface area contributed by atoms with E-state index in [4.69, 9.17) is 5.11 Å². The van der Waals surface area contributed by atoms with Crippen LogP contribution in [0.15, 0.2) is 6.07 Å². The Kier molecular flexibility index (Phi) is 3.88. The fraction of sp³-hybridized carbons (Fsp3) is 0.400. The molecule has 2 N–H and O–H groups in total. The zero-order chi connectivity index (χ0) is 14.9. The zero-order valence-electron chi connectivity index (χ0n) is 12.2. The van der Waals surface area contributed by atoms with Crippen LogP contribution in [0.2, 0.25) is 0 Å². The SMILES string of the molecule is Cc1cc(C)c(C)c(-c2n[nH]c(CCC(=O)O)n2)c1C. The summed E-state index contributed by atoms with van der Waals surface area (Å²) in [7, 11) is 0. The second-order valence-electron chi connectivity index (χ2n) is 5.13. The van der Waals surface area contributed by atoms with Gasteiger partial charge in [-0.05, 0) is 49.9 Å². The Morgan fingerprint density at radius 3 is 2.35 bits per heavy atom. The zero-order valence-corrected chi connectivity index (χ0v) is 12.2. The first-order chi connectivity index (χ1) is 9.40. The number of aliphatic carboxylic acids is 1. The summed E-state index contributed by atoms with van der Waals surface area (Å²) in [5.41, 5.74) is 5.79. The second-order valence-corrected chi connectivity index (χ2v) is 5.13. The molecule has 5 nitrogen and oxygen atoms in total. The molecule has 0 aliphatic heterocycles. The first-order valence-electron chi connectivity index (χ1n) is 6.61. The van der Waals surface area contributed by atoms with Crippen molar-refractivity contribution in [1.82, 2.24) is 15.2 Å². The third kappa shape index (κ3) is 2.71. The van der Waals surface area contributed by atoms with E-state index in [2.05, 4.69) is 48.9 Å². The fourth-order valence-electron chi connectivity index (χ4n) is 2.30. The number of H-pyrrole nitrogens is 1. The molecule has 2 rings (SSSR count). The average Bonchev–Trinajstić information content (AvgIpc) is 2.83. The fourth-order valence-corrected chi connectivity index (χ4v) is 2.30. The van der Waals surface area contributed by atoms with Crippen LogP contribution in [-0.2, 0) is 11.2 Å². The minimum Gasteiger partial charge on any atom is -0.481 e. The van der Waals surface area contributed by atoms with E-state index in [9.17, 15) is 4.79 Å². The van der Waals surface area contributed by atoms with Gasteiger partial charge in [-0.2, -0.15) is 5.10 Å². The topological polar surface area (TPSA) is 78.9 Å². The predicted molar refractivity (Wildman–Crippen MR) is 76.7 cm³/mol. The van der Waals surface area contributed by atoms with E-state index in [0.29, 0.717) is 18.1 Å². The molecule has 0 aliphatic rings. The van der Waals surface area contributed by atoms with Gasteiger partial charge in [-0.1, -0.05) is 6.07 Å². The second kappa shape index (κ2) is 5.45. The van der Waals surface area contributed by atoms with Gasteiger partial charge in [0, 0.05) is 12.0 Å². The lowest BCUT2D eigenvalue weighted by molar-refractivity contribution is -0.137. The molecule has 0 unspecified atom stereocenters. The lowest BCUT2D eigenvalue weighted by Gasteiger charge is -2.12. The first kappa shape index (κ1) is 14.2. The van der Waals surface area contributed by atoms with Crippen molar-refractivity contribution in [3.63, 3.8) is 0 Å². The number of aryl methyl sites for hydroxylation is 3. The maximum atomic E-state index is 10.6. The molecule has 2 aromatic rings. The minimum atomic E-state index is -0.832. The number of carbonyl (C=O) groups is 1. The number of aromatic nitrogens is 3. The van der Waals surface area contributed by atoms with Crippen LogP contribution in [-0.4, -0.2) is 26.3 Å². The summed E-state index contributed by atoms with van der Waals surface area (Å²) in [6.45, 7) is 8.27. The molecule has 5 heteroatoms. The molecule has 0 spiro atoms. The van der Waals surface area contributed by atoms with Crippen molar-refractivity contribution < 1.29 is 9.90 Å². The summed E-state index contributed by atoms with van der Waals surface area (Å²) in [6, 6.07) is 2.16. The lowest BCUT2D eigenvalue weighted by atomic mass is 9.94. The molecule has 0 saturated heterocycles. The van der Waals surface area contributed by atoms with Crippen molar-refractivity contribution >= 4 is 5.97 Å². The Morgan fingerprint density at radius 1 is 1.20 bits per heavy atom. The summed E-state index contributed by atoms with van der Waals surface area (Å²) in [5.74, 6) is 0.425. The van der Waals surface area contributed by atoms with Crippen molar-refractivity contribution in [3.8, 4) is 11.4 Å². The van der Waals surface area contributed by atoms with Crippen LogP contribution in [0.3, 0.4) is 0 Å². The van der Waals surface area contributed by atoms with E-state index in [1.54, 1.807) is 0 Å². The number of hydrogen-bond acceptors (Lipinski definition) is 3. The van der Waals surface area contributed by atoms with E-state index in [1.165, 1.54) is 11.1 Å². The maximum absolute atomic E-state index is 10.6. The summed E-state index contributed by atoms with van der Waals surface area (Å²) in [5, 5.41) is 15.8. The predicted octanol–water partition coefficient (Wildman–Crippen LogP) is 2.72. The van der Waals surface area contributed by atoms with Crippen molar-refractivity contribution in [2.75, 3.05) is 0 Å². The average molecular weight is 273 g/mol. The number of carboxylic acids is 1. The number of aromatic amines is 1. The molecule has 0 aliphatic carbocycles. The number of carboxylic acid groups (broad SMARTS) is 1. The molecule has 0 fully saturated rings. The van der Waals surface area contributed by atoms with Crippen molar-refractivity contribution in [3.05, 3.63) is 34.1 Å². The van der Waals surface area contributed by atoms with Crippen LogP contribution in [0.5, 0.6) is 0 Å².